The lowest BCUT2D eigenvalue weighted by molar-refractivity contribution is 0.149. The monoisotopic (exact) mass is 384 g/mol. The first kappa shape index (κ1) is 19.3. The Morgan fingerprint density at radius 3 is 2.23 bits per heavy atom. The summed E-state index contributed by atoms with van der Waals surface area (Å²) in [7, 11) is -1.15. The Morgan fingerprint density at radius 1 is 1.00 bits per heavy atom. The molecule has 0 bridgehead atoms. The van der Waals surface area contributed by atoms with Crippen molar-refractivity contribution >= 4 is 10.0 Å². The Kier molecular flexibility index (Phi) is 5.69. The van der Waals surface area contributed by atoms with Crippen LogP contribution >= 0.6 is 0 Å². The van der Waals surface area contributed by atoms with E-state index in [1.807, 2.05) is 0 Å². The Bertz CT molecular complexity index is 860. The first-order valence-electron chi connectivity index (χ1n) is 9.30. The van der Waals surface area contributed by atoms with E-state index in [1.54, 1.807) is 0 Å². The van der Waals surface area contributed by atoms with Gasteiger partial charge in [-0.2, -0.15) is 4.31 Å². The van der Waals surface area contributed by atoms with Crippen LogP contribution in [0.25, 0.3) is 0 Å². The largest absolute Gasteiger partial charge is 0.330 e. The average Bonchev–Trinajstić information content (AvgIpc) is 2.64. The van der Waals surface area contributed by atoms with Crippen LogP contribution in [0.1, 0.15) is 32.1 Å². The van der Waals surface area contributed by atoms with Gasteiger partial charge in [-0.3, -0.25) is 9.36 Å². The molecule has 0 aromatic carbocycles. The number of sulfonamides is 1. The summed E-state index contributed by atoms with van der Waals surface area (Å²) in [5.74, 6) is 0.725. The van der Waals surface area contributed by atoms with E-state index in [9.17, 15) is 18.0 Å². The van der Waals surface area contributed by atoms with Crippen LogP contribution in [0.15, 0.2) is 20.7 Å². The minimum atomic E-state index is -3.90. The van der Waals surface area contributed by atoms with Gasteiger partial charge in [-0.15, -0.1) is 0 Å². The molecule has 146 valence electrons. The molecule has 0 unspecified atom stereocenters. The maximum atomic E-state index is 12.9. The molecule has 8 nitrogen and oxygen atoms in total. The van der Waals surface area contributed by atoms with Crippen molar-refractivity contribution in [2.75, 3.05) is 32.7 Å². The Balaban J connectivity index is 1.70. The van der Waals surface area contributed by atoms with E-state index in [0.717, 1.165) is 27.8 Å². The lowest BCUT2D eigenvalue weighted by Gasteiger charge is -2.36. The van der Waals surface area contributed by atoms with Gasteiger partial charge in [0, 0.05) is 53.0 Å². The molecule has 9 heteroatoms. The van der Waals surface area contributed by atoms with Crippen molar-refractivity contribution in [3.05, 3.63) is 27.0 Å². The van der Waals surface area contributed by atoms with E-state index in [-0.39, 0.29) is 4.90 Å². The summed E-state index contributed by atoms with van der Waals surface area (Å²) in [5.41, 5.74) is -1.30. The summed E-state index contributed by atoms with van der Waals surface area (Å²) in [6, 6.07) is 0. The smallest absolute Gasteiger partial charge is 0.302 e. The maximum Gasteiger partial charge on any atom is 0.330 e. The normalized spacial score (nSPS) is 21.2. The van der Waals surface area contributed by atoms with Crippen LogP contribution in [0.2, 0.25) is 0 Å². The SMILES string of the molecule is Cn1cc(S(=O)(=O)N2CCN(CC3CCCCC3)CC2)c(=O)n(C)c1=O. The quantitative estimate of drug-likeness (QED) is 0.728. The van der Waals surface area contributed by atoms with Gasteiger partial charge in [0.1, 0.15) is 0 Å². The molecular formula is C17H28N4O4S. The lowest BCUT2D eigenvalue weighted by atomic mass is 9.89. The molecule has 26 heavy (non-hydrogen) atoms. The van der Waals surface area contributed by atoms with Crippen LogP contribution in [-0.4, -0.2) is 59.5 Å². The molecule has 0 spiro atoms. The predicted molar refractivity (Wildman–Crippen MR) is 98.7 cm³/mol. The fraction of sp³-hybridized carbons (Fsp3) is 0.765. The highest BCUT2D eigenvalue weighted by Gasteiger charge is 2.32. The molecular weight excluding hydrogens is 356 g/mol. The Morgan fingerprint density at radius 2 is 1.62 bits per heavy atom. The first-order valence-corrected chi connectivity index (χ1v) is 10.7. The predicted octanol–water partition coefficient (Wildman–Crippen LogP) is -0.0294. The van der Waals surface area contributed by atoms with Crippen molar-refractivity contribution in [1.82, 2.24) is 18.3 Å². The van der Waals surface area contributed by atoms with E-state index >= 15 is 0 Å². The van der Waals surface area contributed by atoms with Crippen LogP contribution in [-0.2, 0) is 24.1 Å². The molecule has 0 N–H and O–H groups in total. The van der Waals surface area contributed by atoms with E-state index in [4.69, 9.17) is 0 Å². The molecule has 1 saturated carbocycles. The van der Waals surface area contributed by atoms with Gasteiger partial charge < -0.3 is 9.47 Å². The van der Waals surface area contributed by atoms with Crippen molar-refractivity contribution in [2.24, 2.45) is 20.0 Å². The number of rotatable bonds is 4. The second-order valence-corrected chi connectivity index (χ2v) is 9.37. The summed E-state index contributed by atoms with van der Waals surface area (Å²) < 4.78 is 29.1. The third kappa shape index (κ3) is 3.79. The summed E-state index contributed by atoms with van der Waals surface area (Å²) >= 11 is 0. The second-order valence-electron chi connectivity index (χ2n) is 7.46. The van der Waals surface area contributed by atoms with Crippen LogP contribution < -0.4 is 11.2 Å². The summed E-state index contributed by atoms with van der Waals surface area (Å²) in [4.78, 5) is 26.1. The van der Waals surface area contributed by atoms with Crippen LogP contribution in [0.3, 0.4) is 0 Å². The van der Waals surface area contributed by atoms with Crippen LogP contribution in [0, 0.1) is 5.92 Å². The van der Waals surface area contributed by atoms with Crippen molar-refractivity contribution in [1.29, 1.82) is 0 Å². The highest BCUT2D eigenvalue weighted by molar-refractivity contribution is 7.89. The van der Waals surface area contributed by atoms with Crippen molar-refractivity contribution in [3.8, 4) is 0 Å². The fourth-order valence-corrected chi connectivity index (χ4v) is 5.55. The van der Waals surface area contributed by atoms with E-state index in [1.165, 1.54) is 50.5 Å². The zero-order valence-electron chi connectivity index (χ0n) is 15.6. The molecule has 2 aliphatic rings. The van der Waals surface area contributed by atoms with E-state index in [0.29, 0.717) is 26.2 Å². The Hall–Kier alpha value is -1.45. The summed E-state index contributed by atoms with van der Waals surface area (Å²) in [6.07, 6.45) is 7.61. The number of piperazine rings is 1. The number of hydrogen-bond donors (Lipinski definition) is 0. The average molecular weight is 385 g/mol. The minimum Gasteiger partial charge on any atom is -0.302 e. The molecule has 0 atom stereocenters. The fourth-order valence-electron chi connectivity index (χ4n) is 3.98. The zero-order valence-corrected chi connectivity index (χ0v) is 16.4. The number of aromatic nitrogens is 2. The maximum absolute atomic E-state index is 12.9. The van der Waals surface area contributed by atoms with E-state index in [2.05, 4.69) is 4.90 Å². The van der Waals surface area contributed by atoms with Crippen molar-refractivity contribution in [2.45, 2.75) is 37.0 Å². The zero-order chi connectivity index (χ0) is 18.9. The molecule has 1 saturated heterocycles. The van der Waals surface area contributed by atoms with Gasteiger partial charge >= 0.3 is 5.69 Å². The molecule has 2 heterocycles. The number of nitrogens with zero attached hydrogens (tertiary/aromatic N) is 4. The highest BCUT2D eigenvalue weighted by atomic mass is 32.2. The van der Waals surface area contributed by atoms with Crippen LogP contribution in [0.4, 0.5) is 0 Å². The molecule has 1 aromatic heterocycles. The Labute approximate surface area is 154 Å². The molecule has 0 amide bonds. The minimum absolute atomic E-state index is 0.331. The second kappa shape index (κ2) is 7.66. The standard InChI is InChI=1S/C17H28N4O4S/c1-18-13-15(16(22)19(2)17(18)23)26(24,25)21-10-8-20(9-11-21)12-14-6-4-3-5-7-14/h13-14H,3-12H2,1-2H3. The van der Waals surface area contributed by atoms with E-state index < -0.39 is 21.3 Å². The molecule has 3 rings (SSSR count). The first-order chi connectivity index (χ1) is 12.3. The molecule has 1 aromatic rings. The number of aryl methyl sites for hydroxylation is 1. The topological polar surface area (TPSA) is 84.6 Å². The third-order valence-electron chi connectivity index (χ3n) is 5.61. The van der Waals surface area contributed by atoms with Gasteiger partial charge in [0.2, 0.25) is 10.0 Å². The van der Waals surface area contributed by atoms with Gasteiger partial charge in [-0.05, 0) is 18.8 Å². The van der Waals surface area contributed by atoms with Gasteiger partial charge in [0.25, 0.3) is 5.56 Å². The van der Waals surface area contributed by atoms with Gasteiger partial charge in [-0.25, -0.2) is 13.2 Å². The van der Waals surface area contributed by atoms with Gasteiger partial charge in [0.15, 0.2) is 4.90 Å². The van der Waals surface area contributed by atoms with Gasteiger partial charge in [0.05, 0.1) is 0 Å². The van der Waals surface area contributed by atoms with Crippen LogP contribution in [0.5, 0.6) is 0 Å². The van der Waals surface area contributed by atoms with Crippen molar-refractivity contribution in [3.63, 3.8) is 0 Å². The summed E-state index contributed by atoms with van der Waals surface area (Å²) in [5, 5.41) is 0. The lowest BCUT2D eigenvalue weighted by Crippen LogP contribution is -2.51. The molecule has 0 radical (unpaired) electrons. The molecule has 2 fully saturated rings. The number of hydrogen-bond acceptors (Lipinski definition) is 5. The highest BCUT2D eigenvalue weighted by Crippen LogP contribution is 2.25. The van der Waals surface area contributed by atoms with Crippen molar-refractivity contribution < 1.29 is 8.42 Å². The molecule has 1 aliphatic heterocycles. The summed E-state index contributed by atoms with van der Waals surface area (Å²) in [6.45, 7) is 3.15. The molecule has 1 aliphatic carbocycles. The third-order valence-corrected chi connectivity index (χ3v) is 7.49. The van der Waals surface area contributed by atoms with Gasteiger partial charge in [-0.1, -0.05) is 19.3 Å².